The van der Waals surface area contributed by atoms with Crippen LogP contribution in [0.5, 0.6) is 0 Å². The van der Waals surface area contributed by atoms with Gasteiger partial charge in [-0.15, -0.1) is 0 Å². The largest absolute Gasteiger partial charge is 0.347 e. The van der Waals surface area contributed by atoms with E-state index in [0.29, 0.717) is 0 Å². The Kier molecular flexibility index (Phi) is 3.83. The van der Waals surface area contributed by atoms with E-state index in [1.807, 2.05) is 41.1 Å². The third kappa shape index (κ3) is 2.91. The van der Waals surface area contributed by atoms with Crippen LogP contribution in [0.3, 0.4) is 0 Å². The van der Waals surface area contributed by atoms with Crippen LogP contribution in [0, 0.1) is 0 Å². The van der Waals surface area contributed by atoms with E-state index in [9.17, 15) is 4.79 Å². The molecule has 2 N–H and O–H groups in total. The van der Waals surface area contributed by atoms with E-state index in [-0.39, 0.29) is 11.9 Å². The maximum Gasteiger partial charge on any atom is 0.268 e. The standard InChI is InChI=1S/C16H19N3O/c20-16(18-14-8-9-17-11-14)15-7-4-10-19(15)12-13-5-2-1-3-6-13/h1-7,10,14,17H,8-9,11-12H2,(H,18,20)/t14-/m1/s1. The van der Waals surface area contributed by atoms with Crippen molar-refractivity contribution in [3.63, 3.8) is 0 Å². The summed E-state index contributed by atoms with van der Waals surface area (Å²) in [5.41, 5.74) is 1.92. The van der Waals surface area contributed by atoms with Crippen LogP contribution in [-0.2, 0) is 6.54 Å². The molecule has 20 heavy (non-hydrogen) atoms. The first-order valence-corrected chi connectivity index (χ1v) is 7.03. The molecule has 1 atom stereocenters. The van der Waals surface area contributed by atoms with Gasteiger partial charge in [-0.05, 0) is 30.7 Å². The molecule has 3 rings (SSSR count). The van der Waals surface area contributed by atoms with Crippen molar-refractivity contribution in [2.45, 2.75) is 19.0 Å². The summed E-state index contributed by atoms with van der Waals surface area (Å²) in [7, 11) is 0. The van der Waals surface area contributed by atoms with Crippen molar-refractivity contribution >= 4 is 5.91 Å². The Morgan fingerprint density at radius 1 is 1.25 bits per heavy atom. The summed E-state index contributed by atoms with van der Waals surface area (Å²) in [5, 5.41) is 6.34. The van der Waals surface area contributed by atoms with E-state index in [4.69, 9.17) is 0 Å². The second-order valence-electron chi connectivity index (χ2n) is 5.17. The van der Waals surface area contributed by atoms with Crippen molar-refractivity contribution in [1.82, 2.24) is 15.2 Å². The molecule has 1 amide bonds. The fraction of sp³-hybridized carbons (Fsp3) is 0.312. The number of rotatable bonds is 4. The van der Waals surface area contributed by atoms with Crippen molar-refractivity contribution in [3.8, 4) is 0 Å². The molecular weight excluding hydrogens is 250 g/mol. The van der Waals surface area contributed by atoms with Crippen molar-refractivity contribution in [2.24, 2.45) is 0 Å². The third-order valence-electron chi connectivity index (χ3n) is 3.65. The van der Waals surface area contributed by atoms with Gasteiger partial charge in [-0.2, -0.15) is 0 Å². The molecule has 0 bridgehead atoms. The molecule has 1 aromatic heterocycles. The number of nitrogens with zero attached hydrogens (tertiary/aromatic N) is 1. The summed E-state index contributed by atoms with van der Waals surface area (Å²) >= 11 is 0. The SMILES string of the molecule is O=C(N[C@@H]1CCNC1)c1cccn1Cc1ccccc1. The molecule has 2 aromatic rings. The molecule has 4 heteroatoms. The Labute approximate surface area is 118 Å². The summed E-state index contributed by atoms with van der Waals surface area (Å²) in [6.45, 7) is 2.57. The Balaban J connectivity index is 1.71. The van der Waals surface area contributed by atoms with Crippen LogP contribution < -0.4 is 10.6 Å². The van der Waals surface area contributed by atoms with Crippen molar-refractivity contribution in [2.75, 3.05) is 13.1 Å². The maximum absolute atomic E-state index is 12.3. The molecule has 4 nitrogen and oxygen atoms in total. The molecule has 1 aromatic carbocycles. The minimum Gasteiger partial charge on any atom is -0.347 e. The van der Waals surface area contributed by atoms with E-state index in [1.54, 1.807) is 0 Å². The lowest BCUT2D eigenvalue weighted by Crippen LogP contribution is -2.37. The number of nitrogens with one attached hydrogen (secondary N) is 2. The Morgan fingerprint density at radius 3 is 2.85 bits per heavy atom. The van der Waals surface area contributed by atoms with E-state index < -0.39 is 0 Å². The van der Waals surface area contributed by atoms with Gasteiger partial charge in [0.2, 0.25) is 0 Å². The summed E-state index contributed by atoms with van der Waals surface area (Å²) in [4.78, 5) is 12.3. The van der Waals surface area contributed by atoms with Crippen LogP contribution in [-0.4, -0.2) is 29.6 Å². The summed E-state index contributed by atoms with van der Waals surface area (Å²) in [6, 6.07) is 14.2. The number of hydrogen-bond acceptors (Lipinski definition) is 2. The van der Waals surface area contributed by atoms with Crippen molar-refractivity contribution in [3.05, 3.63) is 59.9 Å². The van der Waals surface area contributed by atoms with Crippen LogP contribution in [0.4, 0.5) is 0 Å². The average molecular weight is 269 g/mol. The molecular formula is C16H19N3O. The quantitative estimate of drug-likeness (QED) is 0.886. The second-order valence-corrected chi connectivity index (χ2v) is 5.17. The zero-order chi connectivity index (χ0) is 13.8. The molecule has 1 aliphatic heterocycles. The maximum atomic E-state index is 12.3. The molecule has 1 aliphatic rings. The number of amides is 1. The van der Waals surface area contributed by atoms with Gasteiger partial charge in [0.1, 0.15) is 5.69 Å². The van der Waals surface area contributed by atoms with E-state index >= 15 is 0 Å². The highest BCUT2D eigenvalue weighted by molar-refractivity contribution is 5.93. The van der Waals surface area contributed by atoms with Gasteiger partial charge in [0.25, 0.3) is 5.91 Å². The number of carbonyl (C=O) groups excluding carboxylic acids is 1. The molecule has 0 spiro atoms. The fourth-order valence-electron chi connectivity index (χ4n) is 2.58. The topological polar surface area (TPSA) is 46.1 Å². The molecule has 0 unspecified atom stereocenters. The average Bonchev–Trinajstić information content (AvgIpc) is 3.11. The van der Waals surface area contributed by atoms with Gasteiger partial charge in [0, 0.05) is 25.3 Å². The summed E-state index contributed by atoms with van der Waals surface area (Å²) in [5.74, 6) is 0.0135. The van der Waals surface area contributed by atoms with Gasteiger partial charge in [0.15, 0.2) is 0 Å². The van der Waals surface area contributed by atoms with Crippen LogP contribution in [0.2, 0.25) is 0 Å². The van der Waals surface area contributed by atoms with Crippen LogP contribution in [0.1, 0.15) is 22.5 Å². The Morgan fingerprint density at radius 2 is 2.10 bits per heavy atom. The van der Waals surface area contributed by atoms with E-state index in [2.05, 4.69) is 22.8 Å². The first kappa shape index (κ1) is 12.9. The minimum absolute atomic E-state index is 0.0135. The Bertz CT molecular complexity index is 570. The second kappa shape index (κ2) is 5.92. The smallest absolute Gasteiger partial charge is 0.268 e. The molecule has 1 fully saturated rings. The summed E-state index contributed by atoms with van der Waals surface area (Å²) in [6.07, 6.45) is 2.96. The molecule has 0 saturated carbocycles. The highest BCUT2D eigenvalue weighted by Gasteiger charge is 2.19. The lowest BCUT2D eigenvalue weighted by atomic mass is 10.2. The zero-order valence-electron chi connectivity index (χ0n) is 11.4. The third-order valence-corrected chi connectivity index (χ3v) is 3.65. The first-order chi connectivity index (χ1) is 9.83. The monoisotopic (exact) mass is 269 g/mol. The summed E-state index contributed by atoms with van der Waals surface area (Å²) < 4.78 is 1.99. The van der Waals surface area contributed by atoms with Gasteiger partial charge >= 0.3 is 0 Å². The van der Waals surface area contributed by atoms with Gasteiger partial charge < -0.3 is 15.2 Å². The number of benzene rings is 1. The van der Waals surface area contributed by atoms with E-state index in [1.165, 1.54) is 5.56 Å². The number of aromatic nitrogens is 1. The first-order valence-electron chi connectivity index (χ1n) is 7.03. The van der Waals surface area contributed by atoms with Gasteiger partial charge in [-0.3, -0.25) is 4.79 Å². The number of hydrogen-bond donors (Lipinski definition) is 2. The lowest BCUT2D eigenvalue weighted by molar-refractivity contribution is 0.0931. The number of carbonyl (C=O) groups is 1. The fourth-order valence-corrected chi connectivity index (χ4v) is 2.58. The molecule has 2 heterocycles. The zero-order valence-corrected chi connectivity index (χ0v) is 11.4. The lowest BCUT2D eigenvalue weighted by Gasteiger charge is -2.13. The Hall–Kier alpha value is -2.07. The molecule has 1 saturated heterocycles. The van der Waals surface area contributed by atoms with Gasteiger partial charge in [-0.1, -0.05) is 30.3 Å². The van der Waals surface area contributed by atoms with Gasteiger partial charge in [-0.25, -0.2) is 0 Å². The predicted octanol–water partition coefficient (Wildman–Crippen LogP) is 1.63. The van der Waals surface area contributed by atoms with Crippen molar-refractivity contribution < 1.29 is 4.79 Å². The molecule has 0 radical (unpaired) electrons. The van der Waals surface area contributed by atoms with Crippen LogP contribution >= 0.6 is 0 Å². The molecule has 0 aliphatic carbocycles. The highest BCUT2D eigenvalue weighted by atomic mass is 16.2. The highest BCUT2D eigenvalue weighted by Crippen LogP contribution is 2.09. The minimum atomic E-state index is 0.0135. The van der Waals surface area contributed by atoms with E-state index in [0.717, 1.165) is 31.7 Å². The predicted molar refractivity (Wildman–Crippen MR) is 78.7 cm³/mol. The van der Waals surface area contributed by atoms with Crippen LogP contribution in [0.25, 0.3) is 0 Å². The van der Waals surface area contributed by atoms with Gasteiger partial charge in [0.05, 0.1) is 0 Å². The van der Waals surface area contributed by atoms with Crippen LogP contribution in [0.15, 0.2) is 48.7 Å². The normalized spacial score (nSPS) is 18.1. The van der Waals surface area contributed by atoms with Crippen molar-refractivity contribution in [1.29, 1.82) is 0 Å². The molecule has 104 valence electrons.